The highest BCUT2D eigenvalue weighted by atomic mass is 16.5. The van der Waals surface area contributed by atoms with E-state index in [0.717, 1.165) is 11.1 Å². The summed E-state index contributed by atoms with van der Waals surface area (Å²) in [7, 11) is 4.66. The summed E-state index contributed by atoms with van der Waals surface area (Å²) in [5, 5.41) is 9.34. The molecule has 0 saturated carbocycles. The monoisotopic (exact) mass is 345 g/mol. The summed E-state index contributed by atoms with van der Waals surface area (Å²) in [6.45, 7) is 1.62. The first-order valence-electron chi connectivity index (χ1n) is 7.81. The average Bonchev–Trinajstić information content (AvgIpc) is 2.62. The number of nitrogen functional groups attached to an aromatic ring is 1. The maximum absolute atomic E-state index is 11.4. The Labute approximate surface area is 147 Å². The fourth-order valence-corrected chi connectivity index (χ4v) is 2.67. The largest absolute Gasteiger partial charge is 0.497 e. The van der Waals surface area contributed by atoms with Gasteiger partial charge in [0.2, 0.25) is 0 Å². The van der Waals surface area contributed by atoms with Crippen molar-refractivity contribution in [3.8, 4) is 17.2 Å². The van der Waals surface area contributed by atoms with Gasteiger partial charge in [0, 0.05) is 29.8 Å². The molecule has 0 amide bonds. The molecular formula is C19H23NO5. The van der Waals surface area contributed by atoms with Crippen LogP contribution >= 0.6 is 0 Å². The molecule has 2 rings (SSSR count). The molecule has 134 valence electrons. The molecule has 6 nitrogen and oxygen atoms in total. The second kappa shape index (κ2) is 7.79. The smallest absolute Gasteiger partial charge is 0.310 e. The van der Waals surface area contributed by atoms with Crippen molar-refractivity contribution < 1.29 is 24.1 Å². The molecule has 1 atom stereocenters. The molecule has 0 fully saturated rings. The van der Waals surface area contributed by atoms with Gasteiger partial charge >= 0.3 is 5.97 Å². The third-order valence-corrected chi connectivity index (χ3v) is 4.20. The zero-order valence-corrected chi connectivity index (χ0v) is 14.8. The third-order valence-electron chi connectivity index (χ3n) is 4.20. The van der Waals surface area contributed by atoms with Crippen molar-refractivity contribution >= 4 is 11.7 Å². The molecule has 0 bridgehead atoms. The van der Waals surface area contributed by atoms with Crippen molar-refractivity contribution in [2.75, 3.05) is 27.1 Å². The second-order valence-electron chi connectivity index (χ2n) is 5.71. The maximum atomic E-state index is 11.4. The Hall–Kier alpha value is -2.89. The summed E-state index contributed by atoms with van der Waals surface area (Å²) >= 11 is 0. The molecule has 2 aromatic rings. The van der Waals surface area contributed by atoms with Crippen LogP contribution in [-0.4, -0.2) is 32.4 Å². The van der Waals surface area contributed by atoms with E-state index in [4.69, 9.17) is 19.9 Å². The molecule has 0 aromatic heterocycles. The Bertz CT molecular complexity index is 773. The number of carbonyl (C=O) groups is 1. The van der Waals surface area contributed by atoms with Gasteiger partial charge in [-0.2, -0.15) is 0 Å². The quantitative estimate of drug-likeness (QED) is 0.750. The zero-order chi connectivity index (χ0) is 18.6. The second-order valence-corrected chi connectivity index (χ2v) is 5.71. The van der Waals surface area contributed by atoms with E-state index in [0.29, 0.717) is 34.9 Å². The highest BCUT2D eigenvalue weighted by Gasteiger charge is 2.21. The molecule has 0 aliphatic rings. The molecule has 0 radical (unpaired) electrons. The number of carboxylic acids is 1. The summed E-state index contributed by atoms with van der Waals surface area (Å²) < 4.78 is 15.9. The normalized spacial score (nSPS) is 11.7. The van der Waals surface area contributed by atoms with Gasteiger partial charge in [0.25, 0.3) is 0 Å². The lowest BCUT2D eigenvalue weighted by Crippen LogP contribution is -2.10. The topological polar surface area (TPSA) is 91.0 Å². The van der Waals surface area contributed by atoms with Crippen LogP contribution in [0.25, 0.3) is 0 Å². The van der Waals surface area contributed by atoms with Crippen LogP contribution in [-0.2, 0) is 11.2 Å². The van der Waals surface area contributed by atoms with Gasteiger partial charge in [-0.25, -0.2) is 0 Å². The van der Waals surface area contributed by atoms with Crippen LogP contribution in [0.15, 0.2) is 30.3 Å². The van der Waals surface area contributed by atoms with E-state index in [2.05, 4.69) is 0 Å². The highest BCUT2D eigenvalue weighted by molar-refractivity contribution is 5.77. The van der Waals surface area contributed by atoms with Gasteiger partial charge in [-0.05, 0) is 30.2 Å². The van der Waals surface area contributed by atoms with E-state index < -0.39 is 11.9 Å². The number of nitrogens with two attached hydrogens (primary N) is 1. The van der Waals surface area contributed by atoms with Crippen molar-refractivity contribution in [3.05, 3.63) is 47.0 Å². The fraction of sp³-hybridized carbons (Fsp3) is 0.316. The summed E-state index contributed by atoms with van der Waals surface area (Å²) in [4.78, 5) is 11.4. The highest BCUT2D eigenvalue weighted by Crippen LogP contribution is 2.35. The van der Waals surface area contributed by atoms with Crippen molar-refractivity contribution in [2.24, 2.45) is 0 Å². The van der Waals surface area contributed by atoms with E-state index in [1.54, 1.807) is 39.3 Å². The first-order chi connectivity index (χ1) is 11.9. The molecule has 2 aromatic carbocycles. The lowest BCUT2D eigenvalue weighted by Gasteiger charge is -2.18. The zero-order valence-electron chi connectivity index (χ0n) is 14.8. The fourth-order valence-electron chi connectivity index (χ4n) is 2.67. The molecule has 0 saturated heterocycles. The van der Waals surface area contributed by atoms with Crippen LogP contribution in [0.2, 0.25) is 0 Å². The minimum absolute atomic E-state index is 0.484. The van der Waals surface area contributed by atoms with Gasteiger partial charge in [0.1, 0.15) is 17.2 Å². The summed E-state index contributed by atoms with van der Waals surface area (Å²) in [6, 6.07) is 9.00. The minimum atomic E-state index is -0.918. The summed E-state index contributed by atoms with van der Waals surface area (Å²) in [5.74, 6) is 0.168. The van der Waals surface area contributed by atoms with Gasteiger partial charge in [-0.15, -0.1) is 0 Å². The molecule has 0 spiro atoms. The number of hydrogen-bond donors (Lipinski definition) is 2. The van der Waals surface area contributed by atoms with Crippen molar-refractivity contribution in [2.45, 2.75) is 19.3 Å². The third kappa shape index (κ3) is 3.96. The molecule has 0 aliphatic carbocycles. The Morgan fingerprint density at radius 1 is 1.04 bits per heavy atom. The molecule has 1 unspecified atom stereocenters. The predicted molar refractivity (Wildman–Crippen MR) is 95.8 cm³/mol. The van der Waals surface area contributed by atoms with Crippen LogP contribution in [0.3, 0.4) is 0 Å². The van der Waals surface area contributed by atoms with Crippen LogP contribution in [0.1, 0.15) is 29.5 Å². The molecular weight excluding hydrogens is 322 g/mol. The lowest BCUT2D eigenvalue weighted by atomic mass is 9.94. The Kier molecular flexibility index (Phi) is 5.75. The number of hydrogen-bond acceptors (Lipinski definition) is 5. The van der Waals surface area contributed by atoms with Crippen LogP contribution in [0.4, 0.5) is 5.69 Å². The first kappa shape index (κ1) is 18.4. The number of benzene rings is 2. The van der Waals surface area contributed by atoms with Crippen molar-refractivity contribution in [3.63, 3.8) is 0 Å². The Morgan fingerprint density at radius 2 is 1.72 bits per heavy atom. The number of rotatable bonds is 7. The number of methoxy groups -OCH3 is 3. The average molecular weight is 345 g/mol. The Balaban J connectivity index is 2.49. The van der Waals surface area contributed by atoms with Crippen LogP contribution < -0.4 is 19.9 Å². The molecule has 6 heteroatoms. The summed E-state index contributed by atoms with van der Waals surface area (Å²) in [6.07, 6.45) is 0.502. The van der Waals surface area contributed by atoms with Gasteiger partial charge in [-0.3, -0.25) is 4.79 Å². The van der Waals surface area contributed by atoms with Crippen LogP contribution in [0.5, 0.6) is 17.2 Å². The first-order valence-corrected chi connectivity index (χ1v) is 7.81. The summed E-state index contributed by atoms with van der Waals surface area (Å²) in [5.41, 5.74) is 9.03. The van der Waals surface area contributed by atoms with Crippen molar-refractivity contribution in [1.29, 1.82) is 0 Å². The van der Waals surface area contributed by atoms with E-state index in [1.807, 2.05) is 12.1 Å². The number of ether oxygens (including phenoxy) is 3. The van der Waals surface area contributed by atoms with Gasteiger partial charge < -0.3 is 25.1 Å². The molecule has 3 N–H and O–H groups in total. The number of aliphatic carboxylic acids is 1. The van der Waals surface area contributed by atoms with E-state index >= 15 is 0 Å². The standard InChI is InChI=1S/C19H23NO5/c1-11(19(21)22)15-8-13(17(24-3)10-18(15)25-4)7-12-5-6-14(23-2)9-16(12)20/h5-6,8-11H,7,20H2,1-4H3,(H,21,22). The van der Waals surface area contributed by atoms with E-state index in [9.17, 15) is 9.90 Å². The molecule has 25 heavy (non-hydrogen) atoms. The maximum Gasteiger partial charge on any atom is 0.310 e. The number of carboxylic acid groups (broad SMARTS) is 1. The van der Waals surface area contributed by atoms with Crippen LogP contribution in [0, 0.1) is 0 Å². The lowest BCUT2D eigenvalue weighted by molar-refractivity contribution is -0.138. The minimum Gasteiger partial charge on any atom is -0.497 e. The predicted octanol–water partition coefficient (Wildman–Crippen LogP) is 3.07. The molecule has 0 aliphatic heterocycles. The Morgan fingerprint density at radius 3 is 2.24 bits per heavy atom. The van der Waals surface area contributed by atoms with Gasteiger partial charge in [0.15, 0.2) is 0 Å². The van der Waals surface area contributed by atoms with Gasteiger partial charge in [0.05, 0.1) is 27.2 Å². The SMILES string of the molecule is COc1ccc(Cc2cc(C(C)C(=O)O)c(OC)cc2OC)c(N)c1. The van der Waals surface area contributed by atoms with Crippen molar-refractivity contribution in [1.82, 2.24) is 0 Å². The molecule has 0 heterocycles. The van der Waals surface area contributed by atoms with Gasteiger partial charge in [-0.1, -0.05) is 6.07 Å². The van der Waals surface area contributed by atoms with E-state index in [-0.39, 0.29) is 0 Å². The van der Waals surface area contributed by atoms with E-state index in [1.165, 1.54) is 7.11 Å². The number of anilines is 1.